The summed E-state index contributed by atoms with van der Waals surface area (Å²) in [5.74, 6) is 0. The fourth-order valence-electron chi connectivity index (χ4n) is 3.52. The van der Waals surface area contributed by atoms with Crippen molar-refractivity contribution in [1.82, 2.24) is 5.32 Å². The quantitative estimate of drug-likeness (QED) is 0.773. The van der Waals surface area contributed by atoms with Gasteiger partial charge in [0.15, 0.2) is 5.17 Å². The largest absolute Gasteiger partial charge is 0.361 e. The fraction of sp³-hybridized carbons (Fsp3) is 0.929. The molecule has 1 heterocycles. The normalized spacial score (nSPS) is 32.8. The van der Waals surface area contributed by atoms with E-state index in [1.165, 1.54) is 30.9 Å². The van der Waals surface area contributed by atoms with Crippen molar-refractivity contribution in [3.8, 4) is 0 Å². The van der Waals surface area contributed by atoms with Gasteiger partial charge in [-0.1, -0.05) is 52.3 Å². The zero-order valence-electron chi connectivity index (χ0n) is 11.5. The van der Waals surface area contributed by atoms with Crippen LogP contribution in [0.15, 0.2) is 4.99 Å². The Morgan fingerprint density at radius 1 is 1.12 bits per heavy atom. The number of thioether (sulfide) groups is 1. The average Bonchev–Trinajstić information content (AvgIpc) is 2.77. The maximum absolute atomic E-state index is 4.75. The summed E-state index contributed by atoms with van der Waals surface area (Å²) in [6.45, 7) is 10.5. The molecular weight excluding hydrogens is 228 g/mol. The Balaban J connectivity index is 1.62. The van der Waals surface area contributed by atoms with Crippen LogP contribution in [0.5, 0.6) is 0 Å². The maximum Gasteiger partial charge on any atom is 0.157 e. The standard InChI is InChI=1S/C14H24N2S/c1-12(2)10(13(12,3)4)16-11-15-9-14(17-11)7-5-6-8-14/h10H,5-9H2,1-4H3,(H,15,16). The molecule has 96 valence electrons. The van der Waals surface area contributed by atoms with E-state index < -0.39 is 0 Å². The predicted octanol–water partition coefficient (Wildman–Crippen LogP) is 3.43. The first-order valence-corrected chi connectivity index (χ1v) is 7.69. The van der Waals surface area contributed by atoms with Crippen molar-refractivity contribution in [2.45, 2.75) is 64.2 Å². The molecule has 0 aromatic carbocycles. The number of aliphatic imine (C=N–C) groups is 1. The monoisotopic (exact) mass is 252 g/mol. The van der Waals surface area contributed by atoms with Crippen LogP contribution in [0.1, 0.15) is 53.4 Å². The summed E-state index contributed by atoms with van der Waals surface area (Å²) in [6.07, 6.45) is 5.53. The average molecular weight is 252 g/mol. The van der Waals surface area contributed by atoms with Crippen molar-refractivity contribution in [1.29, 1.82) is 0 Å². The zero-order valence-corrected chi connectivity index (χ0v) is 12.3. The van der Waals surface area contributed by atoms with E-state index in [-0.39, 0.29) is 0 Å². The Bertz CT molecular complexity index is 350. The van der Waals surface area contributed by atoms with E-state index in [0.29, 0.717) is 21.6 Å². The van der Waals surface area contributed by atoms with Crippen LogP contribution < -0.4 is 5.32 Å². The van der Waals surface area contributed by atoms with Crippen LogP contribution in [0.3, 0.4) is 0 Å². The summed E-state index contributed by atoms with van der Waals surface area (Å²) in [6, 6.07) is 0.595. The van der Waals surface area contributed by atoms with E-state index >= 15 is 0 Å². The second kappa shape index (κ2) is 3.43. The van der Waals surface area contributed by atoms with Crippen LogP contribution in [0, 0.1) is 10.8 Å². The van der Waals surface area contributed by atoms with Gasteiger partial charge < -0.3 is 5.32 Å². The van der Waals surface area contributed by atoms with Crippen molar-refractivity contribution < 1.29 is 0 Å². The van der Waals surface area contributed by atoms with E-state index in [9.17, 15) is 0 Å². The lowest BCUT2D eigenvalue weighted by atomic mass is 10.0. The first kappa shape index (κ1) is 11.9. The summed E-state index contributed by atoms with van der Waals surface area (Å²) in [7, 11) is 0. The number of nitrogens with one attached hydrogen (secondary N) is 1. The van der Waals surface area contributed by atoms with Gasteiger partial charge in [-0.15, -0.1) is 0 Å². The van der Waals surface area contributed by atoms with E-state index in [0.717, 1.165) is 6.54 Å². The molecular formula is C14H24N2S. The van der Waals surface area contributed by atoms with Gasteiger partial charge in [-0.2, -0.15) is 0 Å². The molecule has 0 amide bonds. The lowest BCUT2D eigenvalue weighted by Gasteiger charge is -2.20. The molecule has 3 rings (SSSR count). The number of hydrogen-bond donors (Lipinski definition) is 1. The third-order valence-corrected chi connectivity index (χ3v) is 7.04. The highest BCUT2D eigenvalue weighted by Gasteiger charge is 2.65. The molecule has 0 aromatic rings. The van der Waals surface area contributed by atoms with Gasteiger partial charge in [-0.3, -0.25) is 4.99 Å². The Morgan fingerprint density at radius 2 is 1.71 bits per heavy atom. The van der Waals surface area contributed by atoms with Crippen molar-refractivity contribution >= 4 is 16.9 Å². The van der Waals surface area contributed by atoms with Crippen molar-refractivity contribution in [3.05, 3.63) is 0 Å². The minimum Gasteiger partial charge on any atom is -0.361 e. The molecule has 1 spiro atoms. The predicted molar refractivity (Wildman–Crippen MR) is 75.6 cm³/mol. The number of rotatable bonds is 1. The molecule has 1 N–H and O–H groups in total. The van der Waals surface area contributed by atoms with Gasteiger partial charge in [0.2, 0.25) is 0 Å². The van der Waals surface area contributed by atoms with Crippen LogP contribution in [0.4, 0.5) is 0 Å². The molecule has 3 aliphatic rings. The summed E-state index contributed by atoms with van der Waals surface area (Å²) >= 11 is 2.03. The van der Waals surface area contributed by atoms with Crippen molar-refractivity contribution in [2.75, 3.05) is 6.54 Å². The molecule has 2 fully saturated rings. The molecule has 1 aliphatic heterocycles. The first-order chi connectivity index (χ1) is 7.87. The minimum atomic E-state index is 0.404. The van der Waals surface area contributed by atoms with Gasteiger partial charge in [0.25, 0.3) is 0 Å². The van der Waals surface area contributed by atoms with Gasteiger partial charge in [-0.25, -0.2) is 0 Å². The van der Waals surface area contributed by atoms with Crippen LogP contribution in [0.25, 0.3) is 0 Å². The Morgan fingerprint density at radius 3 is 2.24 bits per heavy atom. The van der Waals surface area contributed by atoms with Gasteiger partial charge in [0, 0.05) is 10.8 Å². The van der Waals surface area contributed by atoms with Crippen molar-refractivity contribution in [2.24, 2.45) is 15.8 Å². The lowest BCUT2D eigenvalue weighted by Crippen LogP contribution is -2.28. The highest BCUT2D eigenvalue weighted by molar-refractivity contribution is 8.15. The highest BCUT2D eigenvalue weighted by atomic mass is 32.2. The summed E-state index contributed by atoms with van der Waals surface area (Å²) in [5, 5.41) is 4.92. The van der Waals surface area contributed by atoms with Gasteiger partial charge in [-0.05, 0) is 23.7 Å². The van der Waals surface area contributed by atoms with E-state index in [4.69, 9.17) is 4.99 Å². The SMILES string of the molecule is CC1(C)C(NC2=NCC3(CCCC3)S2)C1(C)C. The molecule has 0 saturated heterocycles. The summed E-state index contributed by atoms with van der Waals surface area (Å²) in [5.41, 5.74) is 0.809. The number of hydrogen-bond acceptors (Lipinski definition) is 3. The lowest BCUT2D eigenvalue weighted by molar-refractivity contribution is 0.457. The highest BCUT2D eigenvalue weighted by Crippen LogP contribution is 2.63. The van der Waals surface area contributed by atoms with E-state index in [1.807, 2.05) is 11.8 Å². The Hall–Kier alpha value is -0.180. The van der Waals surface area contributed by atoms with E-state index in [1.54, 1.807) is 0 Å². The minimum absolute atomic E-state index is 0.404. The van der Waals surface area contributed by atoms with Crippen LogP contribution >= 0.6 is 11.8 Å². The molecule has 0 atom stereocenters. The van der Waals surface area contributed by atoms with Gasteiger partial charge >= 0.3 is 0 Å². The number of nitrogens with zero attached hydrogens (tertiary/aromatic N) is 1. The number of amidine groups is 1. The molecule has 17 heavy (non-hydrogen) atoms. The van der Waals surface area contributed by atoms with Crippen LogP contribution in [-0.2, 0) is 0 Å². The molecule has 2 saturated carbocycles. The Kier molecular flexibility index (Phi) is 2.40. The smallest absolute Gasteiger partial charge is 0.157 e. The maximum atomic E-state index is 4.75. The fourth-order valence-corrected chi connectivity index (χ4v) is 4.86. The molecule has 0 aromatic heterocycles. The topological polar surface area (TPSA) is 24.4 Å². The molecule has 0 unspecified atom stereocenters. The van der Waals surface area contributed by atoms with Crippen LogP contribution in [-0.4, -0.2) is 22.5 Å². The van der Waals surface area contributed by atoms with Crippen molar-refractivity contribution in [3.63, 3.8) is 0 Å². The molecule has 3 heteroatoms. The third-order valence-electron chi connectivity index (χ3n) is 5.63. The molecule has 2 nitrogen and oxygen atoms in total. The van der Waals surface area contributed by atoms with Gasteiger partial charge in [0.05, 0.1) is 6.54 Å². The Labute approximate surface area is 109 Å². The summed E-state index contributed by atoms with van der Waals surface area (Å²) in [4.78, 5) is 4.75. The summed E-state index contributed by atoms with van der Waals surface area (Å²) < 4.78 is 0.478. The zero-order chi connectivity index (χ0) is 12.3. The molecule has 0 radical (unpaired) electrons. The second-order valence-corrected chi connectivity index (χ2v) is 8.59. The van der Waals surface area contributed by atoms with Crippen LogP contribution in [0.2, 0.25) is 0 Å². The molecule has 2 aliphatic carbocycles. The van der Waals surface area contributed by atoms with E-state index in [2.05, 4.69) is 33.0 Å². The third kappa shape index (κ3) is 1.65. The second-order valence-electron chi connectivity index (χ2n) is 7.13. The first-order valence-electron chi connectivity index (χ1n) is 6.87. The van der Waals surface area contributed by atoms with Gasteiger partial charge in [0.1, 0.15) is 0 Å². The molecule has 0 bridgehead atoms.